The third-order valence-corrected chi connectivity index (χ3v) is 7.39. The van der Waals surface area contributed by atoms with Crippen LogP contribution < -0.4 is 47.9 Å². The van der Waals surface area contributed by atoms with E-state index in [0.29, 0.717) is 70.4 Å². The van der Waals surface area contributed by atoms with Crippen LogP contribution >= 0.6 is 24.4 Å². The van der Waals surface area contributed by atoms with Gasteiger partial charge in [0.25, 0.3) is 0 Å². The fourth-order valence-electron chi connectivity index (χ4n) is 4.97. The van der Waals surface area contributed by atoms with Gasteiger partial charge in [-0.05, 0) is 55.1 Å². The number of nitrogens with one attached hydrogen (secondary N) is 9. The van der Waals surface area contributed by atoms with Crippen molar-refractivity contribution in [2.45, 2.75) is 30.3 Å². The summed E-state index contributed by atoms with van der Waals surface area (Å²) in [7, 11) is 0. The first-order chi connectivity index (χ1) is 20.3. The monoisotopic (exact) mass is 620 g/mol. The van der Waals surface area contributed by atoms with Crippen LogP contribution in [0, 0.1) is 0 Å². The maximum atomic E-state index is 12.8. The van der Waals surface area contributed by atoms with Crippen molar-refractivity contribution in [3.8, 4) is 0 Å². The summed E-state index contributed by atoms with van der Waals surface area (Å²) in [6.07, 6.45) is 0.471. The van der Waals surface area contributed by atoms with Crippen molar-refractivity contribution in [3.63, 3.8) is 0 Å². The van der Waals surface area contributed by atoms with E-state index >= 15 is 0 Å². The molecule has 0 spiro atoms. The van der Waals surface area contributed by atoms with Gasteiger partial charge in [0.15, 0.2) is 5.11 Å². The number of amides is 1. The molecule has 0 atom stereocenters. The lowest BCUT2D eigenvalue weighted by molar-refractivity contribution is -0.137. The quantitative estimate of drug-likeness (QED) is 0.128. The van der Waals surface area contributed by atoms with E-state index in [2.05, 4.69) is 70.2 Å². The highest BCUT2D eigenvalue weighted by Gasteiger charge is 2.33. The van der Waals surface area contributed by atoms with Gasteiger partial charge < -0.3 is 53.0 Å². The second kappa shape index (κ2) is 18.2. The number of nitrogens with zero attached hydrogens (tertiary/aromatic N) is 1. The minimum Gasteiger partial charge on any atom is -0.481 e. The van der Waals surface area contributed by atoms with Gasteiger partial charge in [0, 0.05) is 97.1 Å². The van der Waals surface area contributed by atoms with E-state index in [1.54, 1.807) is 0 Å². The number of carboxylic acid groups (broad SMARTS) is 1. The van der Waals surface area contributed by atoms with Gasteiger partial charge in [0.2, 0.25) is 5.91 Å². The fourth-order valence-corrected chi connectivity index (χ4v) is 5.41. The Balaban J connectivity index is 1.67. The van der Waals surface area contributed by atoms with Crippen LogP contribution in [0.3, 0.4) is 0 Å². The average molecular weight is 621 g/mol. The molecule has 15 heteroatoms. The Labute approximate surface area is 258 Å². The summed E-state index contributed by atoms with van der Waals surface area (Å²) in [5.41, 5.74) is 0.603. The molecule has 232 valence electrons. The Morgan fingerprint density at radius 2 is 1.24 bits per heavy atom. The number of carboxylic acids is 1. The number of rotatable bonds is 8. The molecule has 1 amide bonds. The molecule has 3 aliphatic rings. The minimum atomic E-state index is -0.893. The predicted molar refractivity (Wildman–Crippen MR) is 173 cm³/mol. The molecular formula is C27H44N10O3S2. The van der Waals surface area contributed by atoms with Crippen molar-refractivity contribution < 1.29 is 14.7 Å². The topological polar surface area (TPSA) is 175 Å². The lowest BCUT2D eigenvalue weighted by Gasteiger charge is -2.39. The molecular weight excluding hydrogens is 576 g/mol. The molecule has 42 heavy (non-hydrogen) atoms. The van der Waals surface area contributed by atoms with E-state index in [9.17, 15) is 9.59 Å². The van der Waals surface area contributed by atoms with Crippen LogP contribution in [0.5, 0.6) is 0 Å². The molecule has 3 aliphatic heterocycles. The van der Waals surface area contributed by atoms with Crippen molar-refractivity contribution >= 4 is 58.0 Å². The maximum Gasteiger partial charge on any atom is 0.303 e. The van der Waals surface area contributed by atoms with Gasteiger partial charge in [-0.2, -0.15) is 4.99 Å². The van der Waals surface area contributed by atoms with Crippen LogP contribution in [0.15, 0.2) is 29.3 Å². The lowest BCUT2D eigenvalue weighted by atomic mass is 9.97. The standard InChI is InChI=1S/C27H44N10O3S2/c38-23(2-1-3-24(39)40)36-26-14-28-8-11-31-17-27(18-32-12-9-29-15-26,19-33-13-10-30-16-26)37-25(42)35-22-6-4-21(5-7-22)34-20-41/h4-7,28-33H,1-3,8-19H2,(H,36,38)(H,39,40)(H2,35,37,42). The first kappa shape index (κ1) is 33.9. The number of carbonyl (C=O) groups is 2. The molecule has 1 aromatic rings. The molecule has 2 bridgehead atoms. The molecule has 0 aliphatic carbocycles. The van der Waals surface area contributed by atoms with Gasteiger partial charge in [-0.25, -0.2) is 0 Å². The second-order valence-corrected chi connectivity index (χ2v) is 11.3. The van der Waals surface area contributed by atoms with Gasteiger partial charge in [-0.1, -0.05) is 0 Å². The van der Waals surface area contributed by atoms with Gasteiger partial charge in [0.1, 0.15) is 0 Å². The van der Waals surface area contributed by atoms with Crippen molar-refractivity contribution in [3.05, 3.63) is 24.3 Å². The summed E-state index contributed by atoms with van der Waals surface area (Å²) < 4.78 is 0. The number of carbonyl (C=O) groups excluding carboxylic acids is 1. The third-order valence-electron chi connectivity index (χ3n) is 7.09. The maximum absolute atomic E-state index is 12.8. The van der Waals surface area contributed by atoms with Gasteiger partial charge in [-0.15, -0.1) is 0 Å². The summed E-state index contributed by atoms with van der Waals surface area (Å²) in [5.74, 6) is -1.03. The first-order valence-corrected chi connectivity index (χ1v) is 15.2. The van der Waals surface area contributed by atoms with Crippen LogP contribution in [0.25, 0.3) is 0 Å². The van der Waals surface area contributed by atoms with Crippen LogP contribution in [0.2, 0.25) is 0 Å². The number of fused-ring (bicyclic) bond motifs is 15. The number of hydrogen-bond donors (Lipinski definition) is 10. The third kappa shape index (κ3) is 12.3. The molecule has 13 nitrogen and oxygen atoms in total. The predicted octanol–water partition coefficient (Wildman–Crippen LogP) is -0.879. The SMILES string of the molecule is O=C(O)CCCC(=O)NC12CNCCNCC(NC(=S)Nc3ccc(N=C=S)cc3)(CNCCNC1)CNCCNC2. The molecule has 3 fully saturated rings. The zero-order valence-corrected chi connectivity index (χ0v) is 25.6. The van der Waals surface area contributed by atoms with Crippen molar-refractivity contribution in [1.82, 2.24) is 42.5 Å². The highest BCUT2D eigenvalue weighted by molar-refractivity contribution is 7.80. The van der Waals surface area contributed by atoms with Gasteiger partial charge in [0.05, 0.1) is 21.9 Å². The van der Waals surface area contributed by atoms with E-state index in [-0.39, 0.29) is 18.7 Å². The number of benzene rings is 1. The summed E-state index contributed by atoms with van der Waals surface area (Å²) in [5, 5.41) is 43.1. The molecule has 4 rings (SSSR count). The largest absolute Gasteiger partial charge is 0.481 e. The van der Waals surface area contributed by atoms with E-state index in [4.69, 9.17) is 17.3 Å². The number of aliphatic imine (C=N–C) groups is 1. The van der Waals surface area contributed by atoms with Gasteiger partial charge >= 0.3 is 5.97 Å². The van der Waals surface area contributed by atoms with Gasteiger partial charge in [-0.3, -0.25) is 9.59 Å². The molecule has 10 N–H and O–H groups in total. The molecule has 1 aromatic carbocycles. The van der Waals surface area contributed by atoms with Crippen molar-refractivity contribution in [2.75, 3.05) is 83.9 Å². The molecule has 0 aromatic heterocycles. The van der Waals surface area contributed by atoms with Crippen LogP contribution in [0.4, 0.5) is 11.4 Å². The van der Waals surface area contributed by atoms with Crippen LogP contribution in [0.1, 0.15) is 19.3 Å². The number of isothiocyanates is 1. The Hall–Kier alpha value is -2.59. The number of hydrogen-bond acceptors (Lipinski definition) is 11. The Morgan fingerprint density at radius 1 is 0.786 bits per heavy atom. The number of anilines is 1. The van der Waals surface area contributed by atoms with Crippen LogP contribution in [-0.2, 0) is 9.59 Å². The molecule has 3 heterocycles. The summed E-state index contributed by atoms with van der Waals surface area (Å²) in [6.45, 7) is 7.91. The summed E-state index contributed by atoms with van der Waals surface area (Å²) in [4.78, 5) is 27.7. The Bertz CT molecular complexity index is 1030. The van der Waals surface area contributed by atoms with Crippen molar-refractivity contribution in [1.29, 1.82) is 0 Å². The highest BCUT2D eigenvalue weighted by atomic mass is 32.1. The average Bonchev–Trinajstić information content (AvgIpc) is 2.95. The highest BCUT2D eigenvalue weighted by Crippen LogP contribution is 2.16. The second-order valence-electron chi connectivity index (χ2n) is 10.7. The molecule has 0 radical (unpaired) electrons. The smallest absolute Gasteiger partial charge is 0.303 e. The molecule has 3 saturated heterocycles. The Kier molecular flexibility index (Phi) is 14.7. The zero-order chi connectivity index (χ0) is 30.1. The minimum absolute atomic E-state index is 0.0211. The zero-order valence-electron chi connectivity index (χ0n) is 23.9. The Morgan fingerprint density at radius 3 is 1.67 bits per heavy atom. The van der Waals surface area contributed by atoms with E-state index in [0.717, 1.165) is 31.0 Å². The fraction of sp³-hybridized carbons (Fsp3) is 0.630. The van der Waals surface area contributed by atoms with E-state index in [1.165, 1.54) is 0 Å². The number of thiocarbonyl (C=S) groups is 2. The lowest BCUT2D eigenvalue weighted by Crippen LogP contribution is -2.68. The van der Waals surface area contributed by atoms with E-state index in [1.807, 2.05) is 24.3 Å². The molecule has 0 unspecified atom stereocenters. The molecule has 0 saturated carbocycles. The van der Waals surface area contributed by atoms with E-state index < -0.39 is 17.0 Å². The number of aliphatic carboxylic acids is 1. The normalized spacial score (nSPS) is 24.3. The van der Waals surface area contributed by atoms with Crippen LogP contribution in [-0.4, -0.2) is 117 Å². The first-order valence-electron chi connectivity index (χ1n) is 14.4. The van der Waals surface area contributed by atoms with Crippen molar-refractivity contribution in [2.24, 2.45) is 4.99 Å². The summed E-state index contributed by atoms with van der Waals surface area (Å²) >= 11 is 10.4. The summed E-state index contributed by atoms with van der Waals surface area (Å²) in [6, 6.07) is 7.49.